The molecule has 1 nitrogen and oxygen atoms in total. The van der Waals surface area contributed by atoms with E-state index >= 15 is 0 Å². The van der Waals surface area contributed by atoms with E-state index in [1.54, 1.807) is 24.3 Å². The summed E-state index contributed by atoms with van der Waals surface area (Å²) in [5.41, 5.74) is 0.726. The van der Waals surface area contributed by atoms with Crippen molar-refractivity contribution in [2.24, 2.45) is 0 Å². The smallest absolute Gasteiger partial charge is 0.289 e. The molecule has 0 amide bonds. The Kier molecular flexibility index (Phi) is 4.68. The molecule has 0 saturated carbocycles. The van der Waals surface area contributed by atoms with Gasteiger partial charge in [-0.25, -0.2) is 0 Å². The number of hydrogen-bond acceptors (Lipinski definition) is 2. The van der Waals surface area contributed by atoms with E-state index in [2.05, 4.69) is 0 Å². The van der Waals surface area contributed by atoms with Crippen molar-refractivity contribution in [1.29, 1.82) is 0 Å². The van der Waals surface area contributed by atoms with Gasteiger partial charge in [0.25, 0.3) is 0 Å². The lowest BCUT2D eigenvalue weighted by molar-refractivity contribution is -0.167. The standard InChI is InChI=1S/C10H8ClF3OS/c11-8-4-2-1-3-7(8)5-16-6-9(15)10(12,13)14/h1-4H,5-6H2. The zero-order valence-corrected chi connectivity index (χ0v) is 9.62. The van der Waals surface area contributed by atoms with E-state index in [-0.39, 0.29) is 0 Å². The van der Waals surface area contributed by atoms with Gasteiger partial charge >= 0.3 is 6.18 Å². The lowest BCUT2D eigenvalue weighted by Gasteiger charge is -2.05. The molecule has 0 N–H and O–H groups in total. The first-order valence-corrected chi connectivity index (χ1v) is 5.85. The minimum absolute atomic E-state index is 0.293. The first-order chi connectivity index (χ1) is 7.41. The fourth-order valence-corrected chi connectivity index (χ4v) is 2.16. The summed E-state index contributed by atoms with van der Waals surface area (Å²) in [5.74, 6) is -2.00. The minimum Gasteiger partial charge on any atom is -0.289 e. The summed E-state index contributed by atoms with van der Waals surface area (Å²) < 4.78 is 35.6. The highest BCUT2D eigenvalue weighted by Gasteiger charge is 2.37. The van der Waals surface area contributed by atoms with Crippen molar-refractivity contribution in [1.82, 2.24) is 0 Å². The third-order valence-corrected chi connectivity index (χ3v) is 3.11. The second-order valence-corrected chi connectivity index (χ2v) is 4.40. The summed E-state index contributed by atoms with van der Waals surface area (Å²) in [5, 5.41) is 0.495. The third kappa shape index (κ3) is 4.06. The Bertz CT molecular complexity index is 379. The normalized spacial score (nSPS) is 11.5. The monoisotopic (exact) mass is 268 g/mol. The van der Waals surface area contributed by atoms with Gasteiger partial charge in [0.05, 0.1) is 5.75 Å². The molecule has 1 rings (SSSR count). The summed E-state index contributed by atoms with van der Waals surface area (Å²) in [6.07, 6.45) is -4.74. The van der Waals surface area contributed by atoms with Gasteiger partial charge in [-0.05, 0) is 11.6 Å². The molecule has 0 aliphatic carbocycles. The number of rotatable bonds is 4. The molecule has 0 saturated heterocycles. The molecule has 0 atom stereocenters. The van der Waals surface area contributed by atoms with E-state index in [0.29, 0.717) is 10.8 Å². The van der Waals surface area contributed by atoms with Crippen LogP contribution in [0, 0.1) is 0 Å². The number of thioether (sulfide) groups is 1. The first-order valence-electron chi connectivity index (χ1n) is 4.32. The lowest BCUT2D eigenvalue weighted by atomic mass is 10.2. The quantitative estimate of drug-likeness (QED) is 0.828. The van der Waals surface area contributed by atoms with Crippen LogP contribution in [-0.4, -0.2) is 17.7 Å². The van der Waals surface area contributed by atoms with Gasteiger partial charge in [0.15, 0.2) is 0 Å². The maximum atomic E-state index is 11.9. The van der Waals surface area contributed by atoms with E-state index < -0.39 is 17.7 Å². The van der Waals surface area contributed by atoms with Crippen LogP contribution in [-0.2, 0) is 10.5 Å². The fourth-order valence-electron chi connectivity index (χ4n) is 0.951. The predicted molar refractivity (Wildman–Crippen MR) is 58.7 cm³/mol. The van der Waals surface area contributed by atoms with Crippen LogP contribution in [0.4, 0.5) is 13.2 Å². The number of Topliss-reactive ketones (excluding diaryl/α,β-unsaturated/α-hetero) is 1. The van der Waals surface area contributed by atoms with Gasteiger partial charge < -0.3 is 0 Å². The predicted octanol–water partition coefficient (Wildman–Crippen LogP) is 3.70. The number of ketones is 1. The SMILES string of the molecule is O=C(CSCc1ccccc1Cl)C(F)(F)F. The van der Waals surface area contributed by atoms with Crippen LogP contribution < -0.4 is 0 Å². The summed E-state index contributed by atoms with van der Waals surface area (Å²) >= 11 is 6.71. The Morgan fingerprint density at radius 3 is 2.50 bits per heavy atom. The average molecular weight is 269 g/mol. The number of hydrogen-bond donors (Lipinski definition) is 0. The molecule has 0 aromatic heterocycles. The second-order valence-electron chi connectivity index (χ2n) is 3.01. The molecule has 6 heteroatoms. The molecule has 0 bridgehead atoms. The molecule has 0 aliphatic heterocycles. The highest BCUT2D eigenvalue weighted by atomic mass is 35.5. The van der Waals surface area contributed by atoms with Crippen LogP contribution in [0.25, 0.3) is 0 Å². The van der Waals surface area contributed by atoms with E-state index in [9.17, 15) is 18.0 Å². The Balaban J connectivity index is 2.43. The summed E-state index contributed by atoms with van der Waals surface area (Å²) in [4.78, 5) is 10.6. The van der Waals surface area contributed by atoms with Crippen molar-refractivity contribution in [2.75, 3.05) is 5.75 Å². The van der Waals surface area contributed by atoms with Crippen molar-refractivity contribution in [3.63, 3.8) is 0 Å². The fraction of sp³-hybridized carbons (Fsp3) is 0.300. The first kappa shape index (κ1) is 13.4. The number of alkyl halides is 3. The Hall–Kier alpha value is -0.680. The van der Waals surface area contributed by atoms with Crippen LogP contribution in [0.15, 0.2) is 24.3 Å². The molecule has 16 heavy (non-hydrogen) atoms. The summed E-state index contributed by atoms with van der Waals surface area (Å²) in [7, 11) is 0. The van der Waals surface area contributed by atoms with Gasteiger partial charge in [-0.2, -0.15) is 13.2 Å². The molecule has 1 aromatic carbocycles. The number of benzene rings is 1. The van der Waals surface area contributed by atoms with E-state index in [1.807, 2.05) is 0 Å². The minimum atomic E-state index is -4.74. The largest absolute Gasteiger partial charge is 0.450 e. The Morgan fingerprint density at radius 1 is 1.31 bits per heavy atom. The topological polar surface area (TPSA) is 17.1 Å². The highest BCUT2D eigenvalue weighted by Crippen LogP contribution is 2.23. The Labute approximate surface area is 100.0 Å². The maximum absolute atomic E-state index is 11.9. The third-order valence-electron chi connectivity index (χ3n) is 1.76. The van der Waals surface area contributed by atoms with Gasteiger partial charge in [0.2, 0.25) is 5.78 Å². The van der Waals surface area contributed by atoms with E-state index in [4.69, 9.17) is 11.6 Å². The summed E-state index contributed by atoms with van der Waals surface area (Å²) in [6, 6.07) is 6.85. The van der Waals surface area contributed by atoms with Gasteiger partial charge in [-0.15, -0.1) is 11.8 Å². The molecule has 1 aromatic rings. The number of carbonyl (C=O) groups is 1. The van der Waals surface area contributed by atoms with E-state index in [0.717, 1.165) is 17.3 Å². The molecule has 0 unspecified atom stereocenters. The molecule has 0 radical (unpaired) electrons. The highest BCUT2D eigenvalue weighted by molar-refractivity contribution is 7.99. The van der Waals surface area contributed by atoms with Crippen molar-refractivity contribution in [3.8, 4) is 0 Å². The summed E-state index contributed by atoms with van der Waals surface area (Å²) in [6.45, 7) is 0. The van der Waals surface area contributed by atoms with Crippen molar-refractivity contribution >= 4 is 29.1 Å². The van der Waals surface area contributed by atoms with Crippen molar-refractivity contribution in [2.45, 2.75) is 11.9 Å². The van der Waals surface area contributed by atoms with Gasteiger partial charge in [-0.1, -0.05) is 29.8 Å². The van der Waals surface area contributed by atoms with Crippen LogP contribution in [0.2, 0.25) is 5.02 Å². The molecule has 0 fully saturated rings. The zero-order valence-electron chi connectivity index (χ0n) is 8.05. The van der Waals surface area contributed by atoms with Crippen LogP contribution in [0.3, 0.4) is 0 Å². The van der Waals surface area contributed by atoms with Crippen molar-refractivity contribution in [3.05, 3.63) is 34.9 Å². The second kappa shape index (κ2) is 5.59. The molecule has 0 heterocycles. The van der Waals surface area contributed by atoms with Gasteiger partial charge in [0.1, 0.15) is 0 Å². The molecule has 0 spiro atoms. The van der Waals surface area contributed by atoms with Gasteiger partial charge in [0, 0.05) is 10.8 Å². The van der Waals surface area contributed by atoms with Crippen LogP contribution >= 0.6 is 23.4 Å². The molecule has 0 aliphatic rings. The Morgan fingerprint density at radius 2 is 1.94 bits per heavy atom. The maximum Gasteiger partial charge on any atom is 0.450 e. The molecular weight excluding hydrogens is 261 g/mol. The van der Waals surface area contributed by atoms with Crippen molar-refractivity contribution < 1.29 is 18.0 Å². The van der Waals surface area contributed by atoms with E-state index in [1.165, 1.54) is 0 Å². The van der Waals surface area contributed by atoms with Crippen LogP contribution in [0.1, 0.15) is 5.56 Å². The number of carbonyl (C=O) groups excluding carboxylic acids is 1. The molecular formula is C10H8ClF3OS. The van der Waals surface area contributed by atoms with Crippen LogP contribution in [0.5, 0.6) is 0 Å². The molecule has 88 valence electrons. The lowest BCUT2D eigenvalue weighted by Crippen LogP contribution is -2.24. The zero-order chi connectivity index (χ0) is 12.2. The number of halogens is 4. The van der Waals surface area contributed by atoms with Gasteiger partial charge in [-0.3, -0.25) is 4.79 Å². The average Bonchev–Trinajstić information content (AvgIpc) is 2.19.